The Morgan fingerprint density at radius 3 is 3.06 bits per heavy atom. The van der Waals surface area contributed by atoms with Gasteiger partial charge in [-0.05, 0) is 30.5 Å². The lowest BCUT2D eigenvalue weighted by Crippen LogP contribution is -2.28. The predicted molar refractivity (Wildman–Crippen MR) is 66.8 cm³/mol. The van der Waals surface area contributed by atoms with E-state index < -0.39 is 0 Å². The summed E-state index contributed by atoms with van der Waals surface area (Å²) in [5.41, 5.74) is 4.10. The molecule has 0 spiro atoms. The summed E-state index contributed by atoms with van der Waals surface area (Å²) >= 11 is 0. The van der Waals surface area contributed by atoms with E-state index in [0.29, 0.717) is 0 Å². The van der Waals surface area contributed by atoms with Gasteiger partial charge in [0.05, 0.1) is 6.61 Å². The predicted octanol–water partition coefficient (Wildman–Crippen LogP) is 1.15. The van der Waals surface area contributed by atoms with Gasteiger partial charge >= 0.3 is 0 Å². The Kier molecular flexibility index (Phi) is 3.46. The zero-order valence-corrected chi connectivity index (χ0v) is 10.0. The normalized spacial score (nSPS) is 16.3. The number of anilines is 1. The molecule has 0 fully saturated rings. The van der Waals surface area contributed by atoms with Gasteiger partial charge in [-0.2, -0.15) is 0 Å². The smallest absolute Gasteiger partial charge is 0.0582 e. The van der Waals surface area contributed by atoms with Gasteiger partial charge in [-0.3, -0.25) is 0 Å². The van der Waals surface area contributed by atoms with Crippen molar-refractivity contribution in [3.63, 3.8) is 0 Å². The van der Waals surface area contributed by atoms with Crippen molar-refractivity contribution in [2.45, 2.75) is 25.9 Å². The molecule has 0 aliphatic carbocycles. The van der Waals surface area contributed by atoms with Gasteiger partial charge in [0.25, 0.3) is 0 Å². The van der Waals surface area contributed by atoms with Crippen molar-refractivity contribution in [2.24, 2.45) is 0 Å². The monoisotopic (exact) mass is 220 g/mol. The first-order chi connectivity index (χ1) is 7.70. The van der Waals surface area contributed by atoms with Crippen molar-refractivity contribution < 1.29 is 5.11 Å². The molecule has 1 heterocycles. The van der Waals surface area contributed by atoms with Crippen molar-refractivity contribution in [3.05, 3.63) is 29.3 Å². The van der Waals surface area contributed by atoms with Crippen LogP contribution in [0.1, 0.15) is 18.1 Å². The largest absolute Gasteiger partial charge is 0.395 e. The van der Waals surface area contributed by atoms with Crippen molar-refractivity contribution in [2.75, 3.05) is 25.1 Å². The molecule has 3 nitrogen and oxygen atoms in total. The van der Waals surface area contributed by atoms with Gasteiger partial charge in [-0.15, -0.1) is 0 Å². The summed E-state index contributed by atoms with van der Waals surface area (Å²) in [5.74, 6) is 0. The minimum atomic E-state index is 0.163. The molecule has 0 amide bonds. The summed E-state index contributed by atoms with van der Waals surface area (Å²) in [5, 5.41) is 12.2. The molecule has 0 saturated heterocycles. The maximum absolute atomic E-state index is 8.93. The van der Waals surface area contributed by atoms with Crippen LogP contribution in [-0.2, 0) is 13.0 Å². The Bertz CT molecular complexity index is 365. The summed E-state index contributed by atoms with van der Waals surface area (Å²) in [6, 6.07) is 6.80. The fraction of sp³-hybridized carbons (Fsp3) is 0.538. The van der Waals surface area contributed by atoms with Crippen LogP contribution >= 0.6 is 0 Å². The summed E-state index contributed by atoms with van der Waals surface area (Å²) in [6.07, 6.45) is 1.15. The van der Waals surface area contributed by atoms with Crippen LogP contribution in [0, 0.1) is 0 Å². The highest BCUT2D eigenvalue weighted by molar-refractivity contribution is 5.58. The van der Waals surface area contributed by atoms with Gasteiger partial charge in [0.15, 0.2) is 0 Å². The van der Waals surface area contributed by atoms with Crippen LogP contribution in [-0.4, -0.2) is 31.3 Å². The molecule has 0 aromatic heterocycles. The van der Waals surface area contributed by atoms with Crippen LogP contribution in [0.25, 0.3) is 0 Å². The molecule has 1 unspecified atom stereocenters. The maximum Gasteiger partial charge on any atom is 0.0582 e. The van der Waals surface area contributed by atoms with Gasteiger partial charge in [-0.1, -0.05) is 12.1 Å². The third kappa shape index (κ3) is 2.36. The summed E-state index contributed by atoms with van der Waals surface area (Å²) in [4.78, 5) is 2.29. The number of rotatable bonds is 4. The average Bonchev–Trinajstić information content (AvgIpc) is 2.67. The molecule has 1 aromatic rings. The number of nitrogens with zero attached hydrogens (tertiary/aromatic N) is 1. The van der Waals surface area contributed by atoms with Crippen LogP contribution < -0.4 is 10.2 Å². The molecule has 3 heteroatoms. The Balaban J connectivity index is 2.02. The second-order valence-electron chi connectivity index (χ2n) is 4.60. The molecule has 0 saturated carbocycles. The van der Waals surface area contributed by atoms with Gasteiger partial charge in [-0.25, -0.2) is 0 Å². The number of likely N-dealkylation sites (N-methyl/N-ethyl adjacent to an activating group) is 1. The van der Waals surface area contributed by atoms with Crippen molar-refractivity contribution in [1.29, 1.82) is 0 Å². The third-order valence-corrected chi connectivity index (χ3v) is 3.20. The van der Waals surface area contributed by atoms with Gasteiger partial charge in [0.1, 0.15) is 0 Å². The van der Waals surface area contributed by atoms with Crippen LogP contribution in [0.4, 0.5) is 5.69 Å². The zero-order valence-electron chi connectivity index (χ0n) is 10.0. The summed E-state index contributed by atoms with van der Waals surface area (Å²) < 4.78 is 0. The summed E-state index contributed by atoms with van der Waals surface area (Å²) in [7, 11) is 2.14. The standard InChI is InChI=1S/C13H20N2O/c1-10(9-16)14-8-11-3-4-13-12(7-11)5-6-15(13)2/h3-4,7,10,14,16H,5-6,8-9H2,1-2H3. The SMILES string of the molecule is CC(CO)NCc1ccc2c(c1)CCN2C. The maximum atomic E-state index is 8.93. The lowest BCUT2D eigenvalue weighted by molar-refractivity contribution is 0.251. The first kappa shape index (κ1) is 11.4. The van der Waals surface area contributed by atoms with E-state index in [4.69, 9.17) is 5.11 Å². The number of aliphatic hydroxyl groups is 1. The van der Waals surface area contributed by atoms with E-state index in [1.807, 2.05) is 6.92 Å². The number of nitrogens with one attached hydrogen (secondary N) is 1. The number of hydrogen-bond donors (Lipinski definition) is 2. The highest BCUT2D eigenvalue weighted by Gasteiger charge is 2.15. The first-order valence-corrected chi connectivity index (χ1v) is 5.88. The molecule has 1 atom stereocenters. The Morgan fingerprint density at radius 2 is 2.31 bits per heavy atom. The highest BCUT2D eigenvalue weighted by atomic mass is 16.3. The Morgan fingerprint density at radius 1 is 1.50 bits per heavy atom. The Labute approximate surface area is 97.1 Å². The quantitative estimate of drug-likeness (QED) is 0.799. The van der Waals surface area contributed by atoms with Crippen molar-refractivity contribution >= 4 is 5.69 Å². The van der Waals surface area contributed by atoms with Crippen LogP contribution in [0.3, 0.4) is 0 Å². The molecule has 1 aliphatic heterocycles. The topological polar surface area (TPSA) is 35.5 Å². The molecular weight excluding hydrogens is 200 g/mol. The number of fused-ring (bicyclic) bond motifs is 1. The molecule has 88 valence electrons. The number of hydrogen-bond acceptors (Lipinski definition) is 3. The second kappa shape index (κ2) is 4.85. The van der Waals surface area contributed by atoms with Gasteiger partial charge < -0.3 is 15.3 Å². The minimum Gasteiger partial charge on any atom is -0.395 e. The van der Waals surface area contributed by atoms with Gasteiger partial charge in [0, 0.05) is 31.9 Å². The molecular formula is C13H20N2O. The summed E-state index contributed by atoms with van der Waals surface area (Å²) in [6.45, 7) is 4.13. The minimum absolute atomic E-state index is 0.163. The molecule has 2 N–H and O–H groups in total. The molecule has 0 bridgehead atoms. The van der Waals surface area contributed by atoms with Crippen LogP contribution in [0.2, 0.25) is 0 Å². The molecule has 1 aromatic carbocycles. The van der Waals surface area contributed by atoms with E-state index >= 15 is 0 Å². The molecule has 0 radical (unpaired) electrons. The fourth-order valence-corrected chi connectivity index (χ4v) is 2.09. The molecule has 2 rings (SSSR count). The third-order valence-electron chi connectivity index (χ3n) is 3.20. The average molecular weight is 220 g/mol. The van der Waals surface area contributed by atoms with E-state index in [9.17, 15) is 0 Å². The van der Waals surface area contributed by atoms with E-state index in [1.54, 1.807) is 0 Å². The van der Waals surface area contributed by atoms with Gasteiger partial charge in [0.2, 0.25) is 0 Å². The number of aliphatic hydroxyl groups excluding tert-OH is 1. The lowest BCUT2D eigenvalue weighted by atomic mass is 10.1. The molecule has 1 aliphatic rings. The second-order valence-corrected chi connectivity index (χ2v) is 4.60. The highest BCUT2D eigenvalue weighted by Crippen LogP contribution is 2.27. The number of benzene rings is 1. The first-order valence-electron chi connectivity index (χ1n) is 5.88. The van der Waals surface area contributed by atoms with Crippen LogP contribution in [0.15, 0.2) is 18.2 Å². The lowest BCUT2D eigenvalue weighted by Gasteiger charge is -2.13. The zero-order chi connectivity index (χ0) is 11.5. The van der Waals surface area contributed by atoms with E-state index in [1.165, 1.54) is 16.8 Å². The van der Waals surface area contributed by atoms with E-state index in [0.717, 1.165) is 19.5 Å². The molecule has 16 heavy (non-hydrogen) atoms. The van der Waals surface area contributed by atoms with Crippen LogP contribution in [0.5, 0.6) is 0 Å². The van der Waals surface area contributed by atoms with Crippen molar-refractivity contribution in [1.82, 2.24) is 5.32 Å². The van der Waals surface area contributed by atoms with Crippen molar-refractivity contribution in [3.8, 4) is 0 Å². The van der Waals surface area contributed by atoms with E-state index in [2.05, 4.69) is 35.5 Å². The van der Waals surface area contributed by atoms with E-state index in [-0.39, 0.29) is 12.6 Å². The Hall–Kier alpha value is -1.06. The fourth-order valence-electron chi connectivity index (χ4n) is 2.09.